The van der Waals surface area contributed by atoms with Crippen molar-refractivity contribution < 1.29 is 9.53 Å². The van der Waals surface area contributed by atoms with E-state index in [1.807, 2.05) is 24.3 Å². The van der Waals surface area contributed by atoms with Crippen LogP contribution in [-0.2, 0) is 11.2 Å². The number of amides is 1. The molecule has 0 aliphatic rings. The van der Waals surface area contributed by atoms with Gasteiger partial charge in [-0.2, -0.15) is 0 Å². The molecule has 0 aliphatic heterocycles. The molecule has 0 radical (unpaired) electrons. The number of carbonyl (C=O) groups excluding carboxylic acids is 1. The second-order valence-electron chi connectivity index (χ2n) is 5.34. The minimum Gasteiger partial charge on any atom is -0.497 e. The second kappa shape index (κ2) is 10.2. The van der Waals surface area contributed by atoms with Gasteiger partial charge in [0.15, 0.2) is 0 Å². The topological polar surface area (TPSA) is 64.4 Å². The molecule has 3 N–H and O–H groups in total. The summed E-state index contributed by atoms with van der Waals surface area (Å²) in [6.45, 7) is 3.52. The lowest BCUT2D eigenvalue weighted by Gasteiger charge is -2.13. The summed E-state index contributed by atoms with van der Waals surface area (Å²) < 4.78 is 5.18. The lowest BCUT2D eigenvalue weighted by atomic mass is 9.96. The Morgan fingerprint density at radius 1 is 1.38 bits per heavy atom. The van der Waals surface area contributed by atoms with E-state index in [9.17, 15) is 4.79 Å². The van der Waals surface area contributed by atoms with Crippen LogP contribution in [0.1, 0.15) is 38.2 Å². The van der Waals surface area contributed by atoms with Gasteiger partial charge in [0.05, 0.1) is 7.11 Å². The molecule has 0 saturated heterocycles. The van der Waals surface area contributed by atoms with E-state index in [-0.39, 0.29) is 5.91 Å². The summed E-state index contributed by atoms with van der Waals surface area (Å²) in [4.78, 5) is 11.8. The Morgan fingerprint density at radius 3 is 2.86 bits per heavy atom. The molecule has 4 nitrogen and oxygen atoms in total. The number of methoxy groups -OCH3 is 1. The molecule has 0 aromatic heterocycles. The van der Waals surface area contributed by atoms with Crippen molar-refractivity contribution >= 4 is 5.91 Å². The van der Waals surface area contributed by atoms with Crippen molar-refractivity contribution in [2.24, 2.45) is 11.7 Å². The zero-order valence-electron chi connectivity index (χ0n) is 13.2. The van der Waals surface area contributed by atoms with Crippen molar-refractivity contribution in [1.29, 1.82) is 0 Å². The van der Waals surface area contributed by atoms with Crippen molar-refractivity contribution in [3.8, 4) is 5.75 Å². The summed E-state index contributed by atoms with van der Waals surface area (Å²) in [5.74, 6) is 1.55. The molecule has 0 aliphatic carbocycles. The molecule has 0 bridgehead atoms. The number of hydrogen-bond donors (Lipinski definition) is 2. The highest BCUT2D eigenvalue weighted by Gasteiger charge is 2.08. The first-order valence-corrected chi connectivity index (χ1v) is 7.79. The van der Waals surface area contributed by atoms with Crippen LogP contribution in [0.15, 0.2) is 24.3 Å². The first kappa shape index (κ1) is 17.5. The van der Waals surface area contributed by atoms with Crippen molar-refractivity contribution in [2.75, 3.05) is 20.2 Å². The molecule has 0 fully saturated rings. The maximum absolute atomic E-state index is 11.8. The first-order valence-electron chi connectivity index (χ1n) is 7.79. The van der Waals surface area contributed by atoms with E-state index in [0.717, 1.165) is 31.4 Å². The van der Waals surface area contributed by atoms with E-state index < -0.39 is 0 Å². The van der Waals surface area contributed by atoms with Gasteiger partial charge >= 0.3 is 0 Å². The molecular formula is C17H28N2O2. The van der Waals surface area contributed by atoms with Gasteiger partial charge in [0.2, 0.25) is 5.91 Å². The van der Waals surface area contributed by atoms with Gasteiger partial charge in [-0.05, 0) is 49.4 Å². The Morgan fingerprint density at radius 2 is 2.19 bits per heavy atom. The highest BCUT2D eigenvalue weighted by atomic mass is 16.5. The van der Waals surface area contributed by atoms with Gasteiger partial charge in [-0.25, -0.2) is 0 Å². The van der Waals surface area contributed by atoms with Crippen molar-refractivity contribution in [1.82, 2.24) is 5.32 Å². The van der Waals surface area contributed by atoms with E-state index in [2.05, 4.69) is 12.2 Å². The average molecular weight is 292 g/mol. The predicted molar refractivity (Wildman–Crippen MR) is 86.4 cm³/mol. The quantitative estimate of drug-likeness (QED) is 0.696. The molecule has 0 heterocycles. The SMILES string of the molecule is CCC(CCN)CCC(=O)NCCc1cccc(OC)c1. The number of ether oxygens (including phenoxy) is 1. The zero-order chi connectivity index (χ0) is 15.5. The standard InChI is InChI=1S/C17H28N2O2/c1-3-14(9-11-18)7-8-17(20)19-12-10-15-5-4-6-16(13-15)21-2/h4-6,13-14H,3,7-12,18H2,1-2H3,(H,19,20). The molecule has 1 aromatic rings. The fourth-order valence-electron chi connectivity index (χ4n) is 2.39. The van der Waals surface area contributed by atoms with Gasteiger partial charge in [0, 0.05) is 13.0 Å². The number of benzene rings is 1. The molecule has 1 amide bonds. The molecule has 21 heavy (non-hydrogen) atoms. The Bertz CT molecular complexity index is 421. The zero-order valence-corrected chi connectivity index (χ0v) is 13.2. The van der Waals surface area contributed by atoms with E-state index in [4.69, 9.17) is 10.5 Å². The maximum Gasteiger partial charge on any atom is 0.220 e. The Balaban J connectivity index is 2.23. The van der Waals surface area contributed by atoms with E-state index in [1.165, 1.54) is 5.56 Å². The van der Waals surface area contributed by atoms with Crippen LogP contribution in [0, 0.1) is 5.92 Å². The van der Waals surface area contributed by atoms with Gasteiger partial charge in [-0.15, -0.1) is 0 Å². The van der Waals surface area contributed by atoms with Crippen LogP contribution in [-0.4, -0.2) is 26.1 Å². The number of nitrogens with one attached hydrogen (secondary N) is 1. The Hall–Kier alpha value is -1.55. The van der Waals surface area contributed by atoms with Crippen LogP contribution in [0.2, 0.25) is 0 Å². The van der Waals surface area contributed by atoms with Gasteiger partial charge in [0.25, 0.3) is 0 Å². The fourth-order valence-corrected chi connectivity index (χ4v) is 2.39. The van der Waals surface area contributed by atoms with Crippen LogP contribution in [0.5, 0.6) is 5.75 Å². The van der Waals surface area contributed by atoms with Crippen LogP contribution in [0.25, 0.3) is 0 Å². The van der Waals surface area contributed by atoms with Crippen molar-refractivity contribution in [3.05, 3.63) is 29.8 Å². The van der Waals surface area contributed by atoms with Gasteiger partial charge in [-0.3, -0.25) is 4.79 Å². The molecule has 0 spiro atoms. The first-order chi connectivity index (χ1) is 10.2. The molecule has 4 heteroatoms. The summed E-state index contributed by atoms with van der Waals surface area (Å²) in [6.07, 6.45) is 4.44. The normalized spacial score (nSPS) is 12.0. The number of carbonyl (C=O) groups is 1. The third-order valence-corrected chi connectivity index (χ3v) is 3.80. The molecule has 1 atom stereocenters. The van der Waals surface area contributed by atoms with E-state index in [0.29, 0.717) is 25.4 Å². The lowest BCUT2D eigenvalue weighted by Crippen LogP contribution is -2.26. The van der Waals surface area contributed by atoms with Gasteiger partial charge in [-0.1, -0.05) is 25.5 Å². The predicted octanol–water partition coefficient (Wildman–Crippen LogP) is 2.51. The summed E-state index contributed by atoms with van der Waals surface area (Å²) in [6, 6.07) is 7.93. The summed E-state index contributed by atoms with van der Waals surface area (Å²) >= 11 is 0. The van der Waals surface area contributed by atoms with Crippen molar-refractivity contribution in [2.45, 2.75) is 39.0 Å². The van der Waals surface area contributed by atoms with Crippen LogP contribution in [0.3, 0.4) is 0 Å². The number of hydrogen-bond acceptors (Lipinski definition) is 3. The minimum absolute atomic E-state index is 0.133. The van der Waals surface area contributed by atoms with Crippen LogP contribution in [0.4, 0.5) is 0 Å². The molecular weight excluding hydrogens is 264 g/mol. The lowest BCUT2D eigenvalue weighted by molar-refractivity contribution is -0.121. The molecule has 1 rings (SSSR count). The third-order valence-electron chi connectivity index (χ3n) is 3.80. The molecule has 0 saturated carbocycles. The third kappa shape index (κ3) is 7.14. The number of nitrogens with two attached hydrogens (primary N) is 1. The Kier molecular flexibility index (Phi) is 8.51. The maximum atomic E-state index is 11.8. The smallest absolute Gasteiger partial charge is 0.220 e. The van der Waals surface area contributed by atoms with Crippen molar-refractivity contribution in [3.63, 3.8) is 0 Å². The largest absolute Gasteiger partial charge is 0.497 e. The summed E-state index contributed by atoms with van der Waals surface area (Å²) in [5, 5.41) is 2.98. The second-order valence-corrected chi connectivity index (χ2v) is 5.34. The fraction of sp³-hybridized carbons (Fsp3) is 0.588. The highest BCUT2D eigenvalue weighted by molar-refractivity contribution is 5.75. The van der Waals surface area contributed by atoms with Gasteiger partial charge < -0.3 is 15.8 Å². The summed E-state index contributed by atoms with van der Waals surface area (Å²) in [5.41, 5.74) is 6.74. The average Bonchev–Trinajstić information content (AvgIpc) is 2.51. The summed E-state index contributed by atoms with van der Waals surface area (Å²) in [7, 11) is 1.66. The van der Waals surface area contributed by atoms with Crippen LogP contribution < -0.4 is 15.8 Å². The monoisotopic (exact) mass is 292 g/mol. The molecule has 1 aromatic carbocycles. The van der Waals surface area contributed by atoms with Gasteiger partial charge in [0.1, 0.15) is 5.75 Å². The number of rotatable bonds is 10. The molecule has 1 unspecified atom stereocenters. The molecule has 118 valence electrons. The highest BCUT2D eigenvalue weighted by Crippen LogP contribution is 2.14. The van der Waals surface area contributed by atoms with E-state index >= 15 is 0 Å². The Labute approximate surface area is 128 Å². The van der Waals surface area contributed by atoms with E-state index in [1.54, 1.807) is 7.11 Å². The minimum atomic E-state index is 0.133. The van der Waals surface area contributed by atoms with Crippen LogP contribution >= 0.6 is 0 Å².